The lowest BCUT2D eigenvalue weighted by atomic mass is 9.79. The third-order valence-electron chi connectivity index (χ3n) is 12.2. The van der Waals surface area contributed by atoms with Crippen molar-refractivity contribution < 1.29 is 37.1 Å². The Hall–Kier alpha value is -3.80. The molecule has 1 aromatic heterocycles. The molecular weight excluding hydrogens is 707 g/mol. The molecule has 3 heterocycles. The smallest absolute Gasteiger partial charge is 0.240 e. The lowest BCUT2D eigenvalue weighted by Gasteiger charge is -2.32. The Bertz CT molecular complexity index is 1930. The number of aromatic nitrogens is 1. The van der Waals surface area contributed by atoms with Gasteiger partial charge in [0.05, 0.1) is 29.9 Å². The average Bonchev–Trinajstić information content (AvgIpc) is 3.97. The van der Waals surface area contributed by atoms with Crippen LogP contribution in [0.1, 0.15) is 106 Å². The maximum atomic E-state index is 14.9. The molecule has 2 aliphatic carbocycles. The normalized spacial score (nSPS) is 30.7. The van der Waals surface area contributed by atoms with E-state index in [1.807, 2.05) is 64.1 Å². The summed E-state index contributed by atoms with van der Waals surface area (Å²) in [6.45, 7) is 11.9. The molecule has 1 saturated heterocycles. The summed E-state index contributed by atoms with van der Waals surface area (Å²) >= 11 is 0. The largest absolute Gasteiger partial charge is 0.497 e. The van der Waals surface area contributed by atoms with Crippen molar-refractivity contribution in [1.29, 1.82) is 0 Å². The SMILES string of the molecule is COc1ccc2c(O[C@@H]3C[C@H]4C(=O)C[C@]5(C(=O)NS(=O)(=O)C6(C)CC6)C[C@H]5/C=C\CC[C@@H](C)C[C@@H](C)[C@H](CC(=O)CC(C)(C)C)C(=O)N4C3)nccc2c1. The Kier molecular flexibility index (Phi) is 11.1. The molecule has 0 radical (unpaired) electrons. The van der Waals surface area contributed by atoms with E-state index in [0.29, 0.717) is 37.3 Å². The molecule has 294 valence electrons. The van der Waals surface area contributed by atoms with E-state index in [9.17, 15) is 27.6 Å². The molecule has 12 heteroatoms. The first-order chi connectivity index (χ1) is 25.3. The molecule has 0 unspecified atom stereocenters. The fraction of sp³-hybridized carbons (Fsp3) is 0.643. The Morgan fingerprint density at radius 3 is 2.52 bits per heavy atom. The molecule has 2 aromatic rings. The topological polar surface area (TPSA) is 149 Å². The number of pyridine rings is 1. The number of ether oxygens (including phenoxy) is 2. The molecule has 7 atom stereocenters. The number of hydrogen-bond donors (Lipinski definition) is 1. The summed E-state index contributed by atoms with van der Waals surface area (Å²) in [5.41, 5.74) is -1.49. The summed E-state index contributed by atoms with van der Waals surface area (Å²) in [6, 6.07) is 6.48. The van der Waals surface area contributed by atoms with Crippen LogP contribution in [0.5, 0.6) is 11.6 Å². The van der Waals surface area contributed by atoms with Gasteiger partial charge in [0, 0.05) is 43.2 Å². The Morgan fingerprint density at radius 2 is 1.83 bits per heavy atom. The molecule has 3 fully saturated rings. The van der Waals surface area contributed by atoms with Crippen molar-refractivity contribution in [1.82, 2.24) is 14.6 Å². The van der Waals surface area contributed by atoms with Gasteiger partial charge in [0.1, 0.15) is 17.6 Å². The number of methoxy groups -OCH3 is 1. The van der Waals surface area contributed by atoms with Crippen molar-refractivity contribution >= 4 is 44.2 Å². The second-order valence-electron chi connectivity index (χ2n) is 18.1. The first-order valence-corrected chi connectivity index (χ1v) is 21.0. The third-order valence-corrected chi connectivity index (χ3v) is 14.3. The van der Waals surface area contributed by atoms with Gasteiger partial charge in [-0.25, -0.2) is 13.4 Å². The van der Waals surface area contributed by atoms with E-state index in [-0.39, 0.29) is 66.4 Å². The van der Waals surface area contributed by atoms with Gasteiger partial charge >= 0.3 is 0 Å². The molecule has 6 rings (SSSR count). The molecule has 1 N–H and O–H groups in total. The van der Waals surface area contributed by atoms with Crippen molar-refractivity contribution in [3.63, 3.8) is 0 Å². The van der Waals surface area contributed by atoms with Crippen LogP contribution in [-0.2, 0) is 29.2 Å². The lowest BCUT2D eigenvalue weighted by Crippen LogP contribution is -2.48. The second-order valence-corrected chi connectivity index (χ2v) is 20.3. The number of sulfonamides is 1. The minimum atomic E-state index is -3.93. The van der Waals surface area contributed by atoms with E-state index in [2.05, 4.69) is 16.6 Å². The third kappa shape index (κ3) is 8.53. The number of Topliss-reactive ketones (excluding diaryl/α,β-unsaturated/α-hetero) is 2. The van der Waals surface area contributed by atoms with Gasteiger partial charge in [-0.2, -0.15) is 0 Å². The quantitative estimate of drug-likeness (QED) is 0.280. The molecule has 1 aromatic carbocycles. The van der Waals surface area contributed by atoms with Gasteiger partial charge in [-0.3, -0.25) is 23.9 Å². The molecule has 2 aliphatic heterocycles. The lowest BCUT2D eigenvalue weighted by molar-refractivity contribution is -0.145. The number of benzene rings is 1. The minimum Gasteiger partial charge on any atom is -0.497 e. The van der Waals surface area contributed by atoms with Gasteiger partial charge in [0.15, 0.2) is 5.78 Å². The van der Waals surface area contributed by atoms with E-state index in [1.54, 1.807) is 25.1 Å². The number of amides is 2. The molecule has 0 spiro atoms. The molecule has 11 nitrogen and oxygen atoms in total. The van der Waals surface area contributed by atoms with E-state index in [0.717, 1.165) is 30.0 Å². The monoisotopic (exact) mass is 763 g/mol. The van der Waals surface area contributed by atoms with Crippen molar-refractivity contribution in [3.05, 3.63) is 42.6 Å². The standard InChI is InChI=1S/C42H57N3O8S/c1-26-10-8-9-11-29-22-42(29,39(49)44-54(50,51)41(6)15-16-41)24-36(47)35-21-32(53-37-33-13-12-31(52-7)19-28(33)14-17-43-37)25-45(35)38(48)34(27(2)18-26)20-30(46)23-40(3,4)5/h9,11-14,17,19,26-27,29,32,34-35H,8,10,15-16,18,20-25H2,1-7H3,(H,44,49)/b11-9-/t26-,27-,29-,32-,34+,35+,42-/m1/s1. The summed E-state index contributed by atoms with van der Waals surface area (Å²) in [6.07, 6.45) is 9.01. The Balaban J connectivity index is 1.35. The highest BCUT2D eigenvalue weighted by molar-refractivity contribution is 7.91. The van der Waals surface area contributed by atoms with E-state index < -0.39 is 44.2 Å². The maximum Gasteiger partial charge on any atom is 0.240 e. The fourth-order valence-electron chi connectivity index (χ4n) is 8.50. The Morgan fingerprint density at radius 1 is 1.09 bits per heavy atom. The number of carbonyl (C=O) groups excluding carboxylic acids is 4. The first-order valence-electron chi connectivity index (χ1n) is 19.5. The number of nitrogens with one attached hydrogen (secondary N) is 1. The molecule has 0 bridgehead atoms. The highest BCUT2D eigenvalue weighted by Gasteiger charge is 2.62. The van der Waals surface area contributed by atoms with Crippen molar-refractivity contribution in [2.75, 3.05) is 13.7 Å². The summed E-state index contributed by atoms with van der Waals surface area (Å²) in [5, 5.41) is 1.61. The van der Waals surface area contributed by atoms with Crippen molar-refractivity contribution in [2.24, 2.45) is 34.5 Å². The van der Waals surface area contributed by atoms with Gasteiger partial charge in [-0.15, -0.1) is 0 Å². The van der Waals surface area contributed by atoms with Crippen LogP contribution in [0.4, 0.5) is 0 Å². The van der Waals surface area contributed by atoms with E-state index >= 15 is 0 Å². The summed E-state index contributed by atoms with van der Waals surface area (Å²) in [5.74, 6) is -1.01. The number of nitrogens with zero attached hydrogens (tertiary/aromatic N) is 2. The first kappa shape index (κ1) is 39.9. The van der Waals surface area contributed by atoms with Gasteiger partial charge in [0.25, 0.3) is 0 Å². The van der Waals surface area contributed by atoms with Crippen LogP contribution in [-0.4, -0.2) is 72.2 Å². The zero-order chi connectivity index (χ0) is 39.2. The highest BCUT2D eigenvalue weighted by atomic mass is 32.2. The van der Waals surface area contributed by atoms with Crippen LogP contribution in [0.25, 0.3) is 10.8 Å². The van der Waals surface area contributed by atoms with Gasteiger partial charge < -0.3 is 14.4 Å². The van der Waals surface area contributed by atoms with Crippen LogP contribution >= 0.6 is 0 Å². The number of carbonyl (C=O) groups is 4. The fourth-order valence-corrected chi connectivity index (χ4v) is 9.83. The molecule has 2 saturated carbocycles. The number of ketones is 2. The molecule has 54 heavy (non-hydrogen) atoms. The highest BCUT2D eigenvalue weighted by Crippen LogP contribution is 2.57. The molecule has 4 aliphatic rings. The molecular formula is C42H57N3O8S. The predicted octanol–water partition coefficient (Wildman–Crippen LogP) is 6.58. The number of fused-ring (bicyclic) bond motifs is 3. The average molecular weight is 764 g/mol. The molecule has 2 amide bonds. The van der Waals surface area contributed by atoms with Crippen LogP contribution in [0, 0.1) is 34.5 Å². The Labute approximate surface area is 320 Å². The van der Waals surface area contributed by atoms with E-state index in [1.165, 1.54) is 0 Å². The predicted molar refractivity (Wildman–Crippen MR) is 206 cm³/mol. The van der Waals surface area contributed by atoms with Crippen LogP contribution in [0.3, 0.4) is 0 Å². The maximum absolute atomic E-state index is 14.9. The minimum absolute atomic E-state index is 0.00785. The van der Waals surface area contributed by atoms with Gasteiger partial charge in [0.2, 0.25) is 27.7 Å². The van der Waals surface area contributed by atoms with Crippen LogP contribution in [0.2, 0.25) is 0 Å². The zero-order valence-corrected chi connectivity index (χ0v) is 33.7. The van der Waals surface area contributed by atoms with Gasteiger partial charge in [-0.1, -0.05) is 46.8 Å². The summed E-state index contributed by atoms with van der Waals surface area (Å²) < 4.78 is 39.7. The van der Waals surface area contributed by atoms with Crippen LogP contribution < -0.4 is 14.2 Å². The van der Waals surface area contributed by atoms with E-state index in [4.69, 9.17) is 9.47 Å². The number of hydrogen-bond acceptors (Lipinski definition) is 9. The van der Waals surface area contributed by atoms with Crippen LogP contribution in [0.15, 0.2) is 42.6 Å². The summed E-state index contributed by atoms with van der Waals surface area (Å²) in [7, 11) is -2.34. The number of allylic oxidation sites excluding steroid dienone is 2. The van der Waals surface area contributed by atoms with Crippen molar-refractivity contribution in [3.8, 4) is 11.6 Å². The number of rotatable bonds is 9. The summed E-state index contributed by atoms with van der Waals surface area (Å²) in [4.78, 5) is 63.1. The zero-order valence-electron chi connectivity index (χ0n) is 32.9. The van der Waals surface area contributed by atoms with Crippen molar-refractivity contribution in [2.45, 2.75) is 123 Å². The van der Waals surface area contributed by atoms with Gasteiger partial charge in [-0.05, 0) is 98.3 Å². The second kappa shape index (κ2) is 15.0.